The second kappa shape index (κ2) is 8.16. The first-order chi connectivity index (χ1) is 11.9. The molecule has 2 N–H and O–H groups in total. The van der Waals surface area contributed by atoms with Gasteiger partial charge in [0.1, 0.15) is 4.21 Å². The summed E-state index contributed by atoms with van der Waals surface area (Å²) in [6, 6.07) is 3.99. The van der Waals surface area contributed by atoms with E-state index in [0.29, 0.717) is 36.3 Å². The van der Waals surface area contributed by atoms with E-state index in [0.717, 1.165) is 30.2 Å². The highest BCUT2D eigenvalue weighted by Gasteiger charge is 2.31. The van der Waals surface area contributed by atoms with Gasteiger partial charge in [-0.05, 0) is 56.7 Å². The van der Waals surface area contributed by atoms with Gasteiger partial charge in [0.05, 0.1) is 0 Å². The molecule has 0 aromatic carbocycles. The number of amides is 1. The van der Waals surface area contributed by atoms with Crippen LogP contribution >= 0.6 is 11.3 Å². The number of rotatable bonds is 8. The van der Waals surface area contributed by atoms with Gasteiger partial charge < -0.3 is 10.6 Å². The molecule has 0 bridgehead atoms. The third-order valence-electron chi connectivity index (χ3n) is 4.82. The summed E-state index contributed by atoms with van der Waals surface area (Å²) in [4.78, 5) is 11.9. The Labute approximate surface area is 154 Å². The van der Waals surface area contributed by atoms with E-state index >= 15 is 0 Å². The highest BCUT2D eigenvalue weighted by Crippen LogP contribution is 2.29. The molecule has 1 aromatic heterocycles. The zero-order valence-electron chi connectivity index (χ0n) is 14.7. The summed E-state index contributed by atoms with van der Waals surface area (Å²) in [7, 11) is -3.39. The molecule has 0 unspecified atom stereocenters. The number of nitrogens with zero attached hydrogens (tertiary/aromatic N) is 1. The van der Waals surface area contributed by atoms with Gasteiger partial charge in [0.25, 0.3) is 10.0 Å². The Bertz CT molecular complexity index is 690. The van der Waals surface area contributed by atoms with Crippen molar-refractivity contribution >= 4 is 27.3 Å². The average Bonchev–Trinajstić information content (AvgIpc) is 3.29. The second-order valence-electron chi connectivity index (χ2n) is 6.98. The van der Waals surface area contributed by atoms with Crippen LogP contribution in [0.4, 0.5) is 0 Å². The van der Waals surface area contributed by atoms with E-state index in [9.17, 15) is 13.2 Å². The lowest BCUT2D eigenvalue weighted by atomic mass is 10.1. The van der Waals surface area contributed by atoms with Gasteiger partial charge >= 0.3 is 0 Å². The summed E-state index contributed by atoms with van der Waals surface area (Å²) in [6.45, 7) is 4.27. The summed E-state index contributed by atoms with van der Waals surface area (Å²) in [5, 5.41) is 6.31. The van der Waals surface area contributed by atoms with E-state index in [4.69, 9.17) is 0 Å². The highest BCUT2D eigenvalue weighted by molar-refractivity contribution is 7.91. The van der Waals surface area contributed by atoms with Crippen molar-refractivity contribution in [1.82, 2.24) is 14.9 Å². The molecular formula is C17H27N3O3S2. The third kappa shape index (κ3) is 5.26. The molecule has 2 heterocycles. The van der Waals surface area contributed by atoms with Gasteiger partial charge in [-0.15, -0.1) is 11.3 Å². The van der Waals surface area contributed by atoms with Gasteiger partial charge in [0, 0.05) is 37.5 Å². The fraction of sp³-hybridized carbons (Fsp3) is 0.706. The lowest BCUT2D eigenvalue weighted by Crippen LogP contribution is -2.45. The summed E-state index contributed by atoms with van der Waals surface area (Å²) >= 11 is 1.31. The molecule has 6 nitrogen and oxygen atoms in total. The monoisotopic (exact) mass is 385 g/mol. The minimum Gasteiger partial charge on any atom is -0.356 e. The zero-order valence-corrected chi connectivity index (χ0v) is 16.3. The van der Waals surface area contributed by atoms with Crippen molar-refractivity contribution in [2.45, 2.75) is 49.3 Å². The number of hydrogen-bond donors (Lipinski definition) is 2. The summed E-state index contributed by atoms with van der Waals surface area (Å²) < 4.78 is 27.7. The minimum absolute atomic E-state index is 0.0671. The molecule has 0 atom stereocenters. The van der Waals surface area contributed by atoms with Crippen molar-refractivity contribution in [2.75, 3.05) is 26.2 Å². The summed E-state index contributed by atoms with van der Waals surface area (Å²) in [5.41, 5.74) is 0. The molecule has 8 heteroatoms. The predicted molar refractivity (Wildman–Crippen MR) is 99.2 cm³/mol. The van der Waals surface area contributed by atoms with E-state index in [-0.39, 0.29) is 5.91 Å². The maximum absolute atomic E-state index is 12.8. The van der Waals surface area contributed by atoms with E-state index in [1.807, 2.05) is 6.07 Å². The van der Waals surface area contributed by atoms with Crippen LogP contribution in [0, 0.1) is 5.92 Å². The third-order valence-corrected chi connectivity index (χ3v) is 8.33. The van der Waals surface area contributed by atoms with Crippen LogP contribution in [0.25, 0.3) is 0 Å². The van der Waals surface area contributed by atoms with E-state index in [2.05, 4.69) is 10.6 Å². The Morgan fingerprint density at radius 2 is 1.96 bits per heavy atom. The molecule has 2 aliphatic rings. The summed E-state index contributed by atoms with van der Waals surface area (Å²) in [6.07, 6.45) is 5.10. The van der Waals surface area contributed by atoms with Crippen LogP contribution in [0.15, 0.2) is 16.3 Å². The Kier molecular flexibility index (Phi) is 6.14. The van der Waals surface area contributed by atoms with Crippen molar-refractivity contribution < 1.29 is 13.2 Å². The number of carbonyl (C=O) groups is 1. The summed E-state index contributed by atoms with van der Waals surface area (Å²) in [5.74, 6) is 0.784. The normalized spacial score (nSPS) is 19.9. The number of sulfonamides is 1. The molecule has 1 saturated heterocycles. The van der Waals surface area contributed by atoms with Gasteiger partial charge in [-0.25, -0.2) is 8.42 Å². The molecule has 1 amide bonds. The van der Waals surface area contributed by atoms with Crippen LogP contribution in [0.3, 0.4) is 0 Å². The average molecular weight is 386 g/mol. The standard InChI is InChI=1S/C17H27N3O3S2/c1-13(21)18-9-6-16-4-5-17(24-16)25(22,23)20-10-7-15(8-11-20)19-12-14-2-3-14/h4-5,14-15,19H,2-3,6-12H2,1H3,(H,18,21). The lowest BCUT2D eigenvalue weighted by Gasteiger charge is -2.31. The molecule has 3 rings (SSSR count). The Balaban J connectivity index is 1.51. The van der Waals surface area contributed by atoms with Gasteiger partial charge in [0.2, 0.25) is 5.91 Å². The molecular weight excluding hydrogens is 358 g/mol. The maximum Gasteiger partial charge on any atom is 0.252 e. The number of piperidine rings is 1. The van der Waals surface area contributed by atoms with Crippen LogP contribution < -0.4 is 10.6 Å². The first-order valence-electron chi connectivity index (χ1n) is 9.02. The van der Waals surface area contributed by atoms with Gasteiger partial charge in [-0.3, -0.25) is 4.79 Å². The van der Waals surface area contributed by atoms with Crippen molar-refractivity contribution in [2.24, 2.45) is 5.92 Å². The Hall–Kier alpha value is -0.960. The molecule has 0 radical (unpaired) electrons. The number of nitrogens with one attached hydrogen (secondary N) is 2. The van der Waals surface area contributed by atoms with Crippen molar-refractivity contribution in [3.63, 3.8) is 0 Å². The first-order valence-corrected chi connectivity index (χ1v) is 11.3. The van der Waals surface area contributed by atoms with Gasteiger partial charge in [0.15, 0.2) is 0 Å². The fourth-order valence-electron chi connectivity index (χ4n) is 3.08. The van der Waals surface area contributed by atoms with Crippen molar-refractivity contribution in [3.05, 3.63) is 17.0 Å². The maximum atomic E-state index is 12.8. The topological polar surface area (TPSA) is 78.5 Å². The molecule has 1 aliphatic carbocycles. The van der Waals surface area contributed by atoms with E-state index in [1.54, 1.807) is 10.4 Å². The Morgan fingerprint density at radius 1 is 1.24 bits per heavy atom. The lowest BCUT2D eigenvalue weighted by molar-refractivity contribution is -0.118. The van der Waals surface area contributed by atoms with Crippen LogP contribution in [0.2, 0.25) is 0 Å². The van der Waals surface area contributed by atoms with Crippen molar-refractivity contribution in [1.29, 1.82) is 0 Å². The largest absolute Gasteiger partial charge is 0.356 e. The number of carbonyl (C=O) groups excluding carboxylic acids is 1. The molecule has 1 aromatic rings. The molecule has 25 heavy (non-hydrogen) atoms. The quantitative estimate of drug-likeness (QED) is 0.712. The van der Waals surface area contributed by atoms with Crippen LogP contribution in [0.1, 0.15) is 37.5 Å². The highest BCUT2D eigenvalue weighted by atomic mass is 32.2. The first kappa shape index (κ1) is 18.8. The Morgan fingerprint density at radius 3 is 2.60 bits per heavy atom. The van der Waals surface area contributed by atoms with E-state index < -0.39 is 10.0 Å². The van der Waals surface area contributed by atoms with E-state index in [1.165, 1.54) is 31.1 Å². The van der Waals surface area contributed by atoms with Crippen LogP contribution in [-0.2, 0) is 21.2 Å². The molecule has 140 valence electrons. The second-order valence-corrected chi connectivity index (χ2v) is 10.3. The van der Waals surface area contributed by atoms with Gasteiger partial charge in [-0.1, -0.05) is 0 Å². The molecule has 1 aliphatic heterocycles. The minimum atomic E-state index is -3.39. The zero-order chi connectivity index (χ0) is 17.9. The SMILES string of the molecule is CC(=O)NCCc1ccc(S(=O)(=O)N2CCC(NCC3CC3)CC2)s1. The number of thiophene rings is 1. The van der Waals surface area contributed by atoms with Crippen LogP contribution in [0.5, 0.6) is 0 Å². The molecule has 1 saturated carbocycles. The fourth-order valence-corrected chi connectivity index (χ4v) is 6.06. The van der Waals surface area contributed by atoms with Gasteiger partial charge in [-0.2, -0.15) is 4.31 Å². The van der Waals surface area contributed by atoms with Crippen molar-refractivity contribution in [3.8, 4) is 0 Å². The smallest absolute Gasteiger partial charge is 0.252 e. The molecule has 0 spiro atoms. The predicted octanol–water partition coefficient (Wildman–Crippen LogP) is 1.58. The number of hydrogen-bond acceptors (Lipinski definition) is 5. The van der Waals surface area contributed by atoms with Crippen LogP contribution in [-0.4, -0.2) is 50.9 Å². The molecule has 2 fully saturated rings.